The topological polar surface area (TPSA) is 93.5 Å². The molecule has 0 radical (unpaired) electrons. The van der Waals surface area contributed by atoms with E-state index in [4.69, 9.17) is 10.5 Å². The molecule has 1 unspecified atom stereocenters. The number of nitrogens with one attached hydrogen (secondary N) is 2. The lowest BCUT2D eigenvalue weighted by molar-refractivity contribution is -0.128. The second-order valence-electron chi connectivity index (χ2n) is 3.20. The maximum absolute atomic E-state index is 11.2. The second kappa shape index (κ2) is 8.19. The van der Waals surface area contributed by atoms with E-state index in [0.717, 1.165) is 0 Å². The third kappa shape index (κ3) is 6.87. The van der Waals surface area contributed by atoms with Crippen LogP contribution in [0.3, 0.4) is 0 Å². The molecule has 0 aromatic heterocycles. The van der Waals surface area contributed by atoms with E-state index in [1.807, 2.05) is 0 Å². The van der Waals surface area contributed by atoms with Crippen LogP contribution in [-0.2, 0) is 14.3 Å². The van der Waals surface area contributed by atoms with Crippen molar-refractivity contribution in [2.24, 2.45) is 11.7 Å². The molecule has 0 spiro atoms. The first kappa shape index (κ1) is 13.9. The molecule has 15 heavy (non-hydrogen) atoms. The van der Waals surface area contributed by atoms with Crippen molar-refractivity contribution in [1.29, 1.82) is 0 Å². The summed E-state index contributed by atoms with van der Waals surface area (Å²) in [7, 11) is 1.55. The van der Waals surface area contributed by atoms with Gasteiger partial charge in [-0.25, -0.2) is 0 Å². The number of ether oxygens (including phenoxy) is 1. The molecule has 0 aliphatic carbocycles. The number of hydrogen-bond donors (Lipinski definition) is 3. The summed E-state index contributed by atoms with van der Waals surface area (Å²) in [6, 6.07) is 0. The summed E-state index contributed by atoms with van der Waals surface area (Å²) in [6.07, 6.45) is 0. The van der Waals surface area contributed by atoms with Gasteiger partial charge in [0.1, 0.15) is 0 Å². The van der Waals surface area contributed by atoms with E-state index in [1.165, 1.54) is 0 Å². The van der Waals surface area contributed by atoms with Crippen LogP contribution < -0.4 is 16.4 Å². The van der Waals surface area contributed by atoms with Crippen LogP contribution in [0.2, 0.25) is 0 Å². The number of rotatable bonds is 7. The van der Waals surface area contributed by atoms with Gasteiger partial charge >= 0.3 is 0 Å². The van der Waals surface area contributed by atoms with Crippen LogP contribution in [0, 0.1) is 5.92 Å². The van der Waals surface area contributed by atoms with Gasteiger partial charge in [0.25, 0.3) is 0 Å². The number of methoxy groups -OCH3 is 1. The van der Waals surface area contributed by atoms with E-state index in [-0.39, 0.29) is 30.8 Å². The van der Waals surface area contributed by atoms with Gasteiger partial charge in [-0.15, -0.1) is 0 Å². The summed E-state index contributed by atoms with van der Waals surface area (Å²) in [5.41, 5.74) is 5.30. The molecule has 6 heteroatoms. The zero-order chi connectivity index (χ0) is 11.7. The minimum atomic E-state index is -0.267. The summed E-state index contributed by atoms with van der Waals surface area (Å²) >= 11 is 0. The molecule has 88 valence electrons. The van der Waals surface area contributed by atoms with Crippen molar-refractivity contribution in [2.75, 3.05) is 33.4 Å². The Kier molecular flexibility index (Phi) is 7.57. The van der Waals surface area contributed by atoms with Crippen LogP contribution in [0.1, 0.15) is 6.92 Å². The van der Waals surface area contributed by atoms with Gasteiger partial charge < -0.3 is 21.1 Å². The van der Waals surface area contributed by atoms with Crippen LogP contribution >= 0.6 is 0 Å². The van der Waals surface area contributed by atoms with Gasteiger partial charge in [-0.2, -0.15) is 0 Å². The minimum Gasteiger partial charge on any atom is -0.383 e. The van der Waals surface area contributed by atoms with Crippen molar-refractivity contribution >= 4 is 11.8 Å². The molecular weight excluding hydrogens is 198 g/mol. The minimum absolute atomic E-state index is 0.0209. The molecule has 0 aliphatic rings. The molecule has 0 bridgehead atoms. The van der Waals surface area contributed by atoms with E-state index in [0.29, 0.717) is 13.2 Å². The fourth-order valence-electron chi connectivity index (χ4n) is 0.804. The fourth-order valence-corrected chi connectivity index (χ4v) is 0.804. The van der Waals surface area contributed by atoms with Crippen molar-refractivity contribution in [3.63, 3.8) is 0 Å². The number of amides is 2. The van der Waals surface area contributed by atoms with Crippen LogP contribution in [0.15, 0.2) is 0 Å². The van der Waals surface area contributed by atoms with Gasteiger partial charge in [0.05, 0.1) is 13.2 Å². The van der Waals surface area contributed by atoms with Gasteiger partial charge in [-0.05, 0) is 0 Å². The molecule has 2 amide bonds. The van der Waals surface area contributed by atoms with E-state index >= 15 is 0 Å². The highest BCUT2D eigenvalue weighted by Crippen LogP contribution is 1.89. The van der Waals surface area contributed by atoms with Crippen molar-refractivity contribution in [1.82, 2.24) is 10.6 Å². The van der Waals surface area contributed by atoms with Crippen LogP contribution in [-0.4, -0.2) is 45.2 Å². The zero-order valence-electron chi connectivity index (χ0n) is 9.21. The Hall–Kier alpha value is -1.14. The fraction of sp³-hybridized carbons (Fsp3) is 0.778. The largest absolute Gasteiger partial charge is 0.383 e. The number of carbonyl (C=O) groups is 2. The second-order valence-corrected chi connectivity index (χ2v) is 3.20. The highest BCUT2D eigenvalue weighted by molar-refractivity contribution is 5.85. The zero-order valence-corrected chi connectivity index (χ0v) is 9.21. The van der Waals surface area contributed by atoms with Crippen LogP contribution in [0.5, 0.6) is 0 Å². The molecule has 0 heterocycles. The Balaban J connectivity index is 3.57. The maximum atomic E-state index is 11.2. The molecule has 0 aliphatic heterocycles. The average molecular weight is 217 g/mol. The molecule has 6 nitrogen and oxygen atoms in total. The van der Waals surface area contributed by atoms with E-state index in [2.05, 4.69) is 10.6 Å². The Morgan fingerprint density at radius 2 is 2.07 bits per heavy atom. The standard InChI is InChI=1S/C9H19N3O3/c1-7(5-10)9(14)12-6-8(13)11-3-4-15-2/h7H,3-6,10H2,1-2H3,(H,11,13)(H,12,14). The van der Waals surface area contributed by atoms with E-state index in [9.17, 15) is 9.59 Å². The Morgan fingerprint density at radius 3 is 2.60 bits per heavy atom. The van der Waals surface area contributed by atoms with E-state index in [1.54, 1.807) is 14.0 Å². The van der Waals surface area contributed by atoms with Crippen LogP contribution in [0.4, 0.5) is 0 Å². The quantitative estimate of drug-likeness (QED) is 0.450. The lowest BCUT2D eigenvalue weighted by Crippen LogP contribution is -2.41. The predicted octanol–water partition coefficient (Wildman–Crippen LogP) is -1.54. The summed E-state index contributed by atoms with van der Waals surface area (Å²) in [4.78, 5) is 22.3. The van der Waals surface area contributed by atoms with Crippen molar-refractivity contribution < 1.29 is 14.3 Å². The predicted molar refractivity (Wildman–Crippen MR) is 56.1 cm³/mol. The third-order valence-electron chi connectivity index (χ3n) is 1.85. The first-order valence-corrected chi connectivity index (χ1v) is 4.85. The van der Waals surface area contributed by atoms with Crippen LogP contribution in [0.25, 0.3) is 0 Å². The first-order chi connectivity index (χ1) is 7.11. The summed E-state index contributed by atoms with van der Waals surface area (Å²) < 4.78 is 4.75. The van der Waals surface area contributed by atoms with Gasteiger partial charge in [0.15, 0.2) is 0 Å². The highest BCUT2D eigenvalue weighted by Gasteiger charge is 2.11. The molecule has 0 aromatic rings. The van der Waals surface area contributed by atoms with Crippen molar-refractivity contribution in [3.8, 4) is 0 Å². The molecule has 1 atom stereocenters. The summed E-state index contributed by atoms with van der Waals surface area (Å²) in [5.74, 6) is -0.708. The lowest BCUT2D eigenvalue weighted by atomic mass is 10.2. The molecule has 0 saturated heterocycles. The normalized spacial score (nSPS) is 11.9. The number of hydrogen-bond acceptors (Lipinski definition) is 4. The first-order valence-electron chi connectivity index (χ1n) is 4.85. The van der Waals surface area contributed by atoms with Gasteiger partial charge in [-0.1, -0.05) is 6.92 Å². The summed E-state index contributed by atoms with van der Waals surface area (Å²) in [6.45, 7) is 2.86. The Morgan fingerprint density at radius 1 is 1.40 bits per heavy atom. The molecule has 4 N–H and O–H groups in total. The van der Waals surface area contributed by atoms with Gasteiger partial charge in [-0.3, -0.25) is 9.59 Å². The molecular formula is C9H19N3O3. The molecule has 0 fully saturated rings. The Labute approximate surface area is 89.5 Å². The molecule has 0 rings (SSSR count). The molecule has 0 saturated carbocycles. The Bertz CT molecular complexity index is 209. The lowest BCUT2D eigenvalue weighted by Gasteiger charge is -2.09. The maximum Gasteiger partial charge on any atom is 0.239 e. The smallest absolute Gasteiger partial charge is 0.239 e. The SMILES string of the molecule is COCCNC(=O)CNC(=O)C(C)CN. The average Bonchev–Trinajstić information content (AvgIpc) is 2.25. The van der Waals surface area contributed by atoms with Gasteiger partial charge in [0.2, 0.25) is 11.8 Å². The van der Waals surface area contributed by atoms with E-state index < -0.39 is 0 Å². The monoisotopic (exact) mass is 217 g/mol. The molecule has 0 aromatic carbocycles. The summed E-state index contributed by atoms with van der Waals surface area (Å²) in [5, 5.41) is 5.07. The number of nitrogens with two attached hydrogens (primary N) is 1. The number of carbonyl (C=O) groups excluding carboxylic acids is 2. The third-order valence-corrected chi connectivity index (χ3v) is 1.85. The van der Waals surface area contributed by atoms with Crippen molar-refractivity contribution in [3.05, 3.63) is 0 Å². The van der Waals surface area contributed by atoms with Gasteiger partial charge in [0, 0.05) is 26.1 Å². The highest BCUT2D eigenvalue weighted by atomic mass is 16.5. The van der Waals surface area contributed by atoms with Crippen molar-refractivity contribution in [2.45, 2.75) is 6.92 Å².